The molecular weight excluding hydrogens is 262 g/mol. The minimum atomic E-state index is -0.0406. The highest BCUT2D eigenvalue weighted by atomic mass is 35.5. The van der Waals surface area contributed by atoms with Gasteiger partial charge < -0.3 is 10.6 Å². The van der Waals surface area contributed by atoms with Crippen molar-refractivity contribution in [3.8, 4) is 0 Å². The van der Waals surface area contributed by atoms with Crippen molar-refractivity contribution >= 4 is 23.2 Å². The van der Waals surface area contributed by atoms with Gasteiger partial charge in [0.2, 0.25) is 0 Å². The van der Waals surface area contributed by atoms with E-state index in [-0.39, 0.29) is 11.4 Å². The van der Waals surface area contributed by atoms with Crippen molar-refractivity contribution in [2.75, 3.05) is 32.4 Å². The van der Waals surface area contributed by atoms with Gasteiger partial charge in [-0.1, -0.05) is 17.7 Å². The molecule has 1 saturated heterocycles. The zero-order valence-electron chi connectivity index (χ0n) is 11.6. The summed E-state index contributed by atoms with van der Waals surface area (Å²) >= 11 is 5.97. The third kappa shape index (κ3) is 2.69. The van der Waals surface area contributed by atoms with Gasteiger partial charge in [0, 0.05) is 25.2 Å². The molecule has 0 unspecified atom stereocenters. The van der Waals surface area contributed by atoms with E-state index in [2.05, 4.69) is 25.8 Å². The van der Waals surface area contributed by atoms with Gasteiger partial charge in [-0.05, 0) is 33.0 Å². The number of nitrogens with zero attached hydrogens (tertiary/aromatic N) is 2. The van der Waals surface area contributed by atoms with Crippen LogP contribution >= 0.6 is 11.6 Å². The Kier molecular flexibility index (Phi) is 3.74. The molecule has 1 aliphatic rings. The van der Waals surface area contributed by atoms with Gasteiger partial charge >= 0.3 is 0 Å². The van der Waals surface area contributed by atoms with Crippen LogP contribution < -0.4 is 5.73 Å². The molecule has 1 amide bonds. The number of amides is 1. The summed E-state index contributed by atoms with van der Waals surface area (Å²) in [5.74, 6) is -0.0406. The monoisotopic (exact) mass is 281 g/mol. The highest BCUT2D eigenvalue weighted by Gasteiger charge is 2.34. The standard InChI is InChI=1S/C14H20ClN3O/c1-14(2)9-18(8-7-17(14)3)13(19)10-5-4-6-11(15)12(10)16/h4-6H,7-9,16H2,1-3H3. The topological polar surface area (TPSA) is 49.6 Å². The molecular formula is C14H20ClN3O. The molecule has 1 aliphatic heterocycles. The van der Waals surface area contributed by atoms with Crippen LogP contribution in [0.2, 0.25) is 5.02 Å². The summed E-state index contributed by atoms with van der Waals surface area (Å²) in [6.07, 6.45) is 0. The summed E-state index contributed by atoms with van der Waals surface area (Å²) in [7, 11) is 2.08. The Labute approximate surface area is 119 Å². The molecule has 1 fully saturated rings. The molecule has 2 N–H and O–H groups in total. The third-order valence-electron chi connectivity index (χ3n) is 3.89. The third-order valence-corrected chi connectivity index (χ3v) is 4.22. The number of likely N-dealkylation sites (N-methyl/N-ethyl adjacent to an activating group) is 1. The van der Waals surface area contributed by atoms with Crippen LogP contribution in [0.25, 0.3) is 0 Å². The average Bonchev–Trinajstić information content (AvgIpc) is 2.35. The number of rotatable bonds is 1. The van der Waals surface area contributed by atoms with Gasteiger partial charge in [-0.2, -0.15) is 0 Å². The minimum absolute atomic E-state index is 0.0265. The first kappa shape index (κ1) is 14.2. The summed E-state index contributed by atoms with van der Waals surface area (Å²) in [6, 6.07) is 5.18. The highest BCUT2D eigenvalue weighted by molar-refractivity contribution is 6.33. The number of carbonyl (C=O) groups is 1. The molecule has 2 rings (SSSR count). The van der Waals surface area contributed by atoms with Crippen LogP contribution in [0, 0.1) is 0 Å². The van der Waals surface area contributed by atoms with Gasteiger partial charge in [0.1, 0.15) is 0 Å². The van der Waals surface area contributed by atoms with Crippen LogP contribution in [0.4, 0.5) is 5.69 Å². The maximum Gasteiger partial charge on any atom is 0.256 e. The summed E-state index contributed by atoms with van der Waals surface area (Å²) < 4.78 is 0. The average molecular weight is 282 g/mol. The zero-order valence-corrected chi connectivity index (χ0v) is 12.4. The van der Waals surface area contributed by atoms with Crippen molar-refractivity contribution in [2.45, 2.75) is 19.4 Å². The molecule has 1 aromatic carbocycles. The lowest BCUT2D eigenvalue weighted by Gasteiger charge is -2.45. The Morgan fingerprint density at radius 1 is 1.37 bits per heavy atom. The first-order chi connectivity index (χ1) is 8.83. The molecule has 0 spiro atoms. The van der Waals surface area contributed by atoms with E-state index in [1.54, 1.807) is 18.2 Å². The molecule has 0 saturated carbocycles. The summed E-state index contributed by atoms with van der Waals surface area (Å²) in [5.41, 5.74) is 6.73. The van der Waals surface area contributed by atoms with Crippen molar-refractivity contribution in [1.82, 2.24) is 9.80 Å². The molecule has 0 bridgehead atoms. The first-order valence-corrected chi connectivity index (χ1v) is 6.75. The van der Waals surface area contributed by atoms with Crippen LogP contribution in [0.3, 0.4) is 0 Å². The number of hydrogen-bond acceptors (Lipinski definition) is 3. The van der Waals surface area contributed by atoms with E-state index in [1.165, 1.54) is 0 Å². The maximum atomic E-state index is 12.5. The number of nitrogen functional groups attached to an aromatic ring is 1. The van der Waals surface area contributed by atoms with Crippen molar-refractivity contribution in [1.29, 1.82) is 0 Å². The highest BCUT2D eigenvalue weighted by Crippen LogP contribution is 2.26. The Hall–Kier alpha value is -1.26. The molecule has 4 nitrogen and oxygen atoms in total. The molecule has 19 heavy (non-hydrogen) atoms. The Bertz CT molecular complexity index is 501. The minimum Gasteiger partial charge on any atom is -0.397 e. The van der Waals surface area contributed by atoms with Gasteiger partial charge in [-0.25, -0.2) is 0 Å². The van der Waals surface area contributed by atoms with E-state index in [0.29, 0.717) is 29.4 Å². The number of halogens is 1. The maximum absolute atomic E-state index is 12.5. The van der Waals surface area contributed by atoms with Gasteiger partial charge in [0.15, 0.2) is 0 Å². The van der Waals surface area contributed by atoms with Gasteiger partial charge in [-0.15, -0.1) is 0 Å². The lowest BCUT2D eigenvalue weighted by Crippen LogP contribution is -2.58. The predicted octanol–water partition coefficient (Wildman–Crippen LogP) is 2.09. The molecule has 0 aliphatic carbocycles. The molecule has 1 heterocycles. The second-order valence-electron chi connectivity index (χ2n) is 5.66. The van der Waals surface area contributed by atoms with Gasteiger partial charge in [-0.3, -0.25) is 9.69 Å². The van der Waals surface area contributed by atoms with E-state index in [4.69, 9.17) is 17.3 Å². The van der Waals surface area contributed by atoms with Crippen molar-refractivity contribution in [2.24, 2.45) is 0 Å². The van der Waals surface area contributed by atoms with Crippen LogP contribution in [0.15, 0.2) is 18.2 Å². The molecule has 5 heteroatoms. The van der Waals surface area contributed by atoms with Crippen LogP contribution in [-0.2, 0) is 0 Å². The second-order valence-corrected chi connectivity index (χ2v) is 6.07. The van der Waals surface area contributed by atoms with Crippen LogP contribution in [-0.4, -0.2) is 47.9 Å². The fourth-order valence-corrected chi connectivity index (χ4v) is 2.48. The van der Waals surface area contributed by atoms with Crippen molar-refractivity contribution < 1.29 is 4.79 Å². The van der Waals surface area contributed by atoms with Crippen LogP contribution in [0.1, 0.15) is 24.2 Å². The van der Waals surface area contributed by atoms with Gasteiger partial charge in [0.05, 0.1) is 16.3 Å². The number of hydrogen-bond donors (Lipinski definition) is 1. The Morgan fingerprint density at radius 2 is 2.05 bits per heavy atom. The molecule has 0 radical (unpaired) electrons. The SMILES string of the molecule is CN1CCN(C(=O)c2cccc(Cl)c2N)CC1(C)C. The van der Waals surface area contributed by atoms with Crippen molar-refractivity contribution in [3.05, 3.63) is 28.8 Å². The number of carbonyl (C=O) groups excluding carboxylic acids is 1. The van der Waals surface area contributed by atoms with Crippen LogP contribution in [0.5, 0.6) is 0 Å². The first-order valence-electron chi connectivity index (χ1n) is 6.37. The van der Waals surface area contributed by atoms with E-state index in [9.17, 15) is 4.79 Å². The molecule has 0 atom stereocenters. The number of para-hydroxylation sites is 1. The molecule has 0 aromatic heterocycles. The largest absolute Gasteiger partial charge is 0.397 e. The smallest absolute Gasteiger partial charge is 0.256 e. The fraction of sp³-hybridized carbons (Fsp3) is 0.500. The predicted molar refractivity (Wildman–Crippen MR) is 78.5 cm³/mol. The summed E-state index contributed by atoms with van der Waals surface area (Å²) in [5, 5.41) is 0.430. The lowest BCUT2D eigenvalue weighted by atomic mass is 9.99. The van der Waals surface area contributed by atoms with E-state index < -0.39 is 0 Å². The lowest BCUT2D eigenvalue weighted by molar-refractivity contribution is 0.0312. The number of benzene rings is 1. The number of nitrogens with two attached hydrogens (primary N) is 1. The summed E-state index contributed by atoms with van der Waals surface area (Å²) in [4.78, 5) is 16.6. The van der Waals surface area contributed by atoms with Gasteiger partial charge in [0.25, 0.3) is 5.91 Å². The number of anilines is 1. The fourth-order valence-electron chi connectivity index (χ4n) is 2.31. The second kappa shape index (κ2) is 5.02. The van der Waals surface area contributed by atoms with E-state index in [0.717, 1.165) is 6.54 Å². The molecule has 104 valence electrons. The normalized spacial score (nSPS) is 19.5. The van der Waals surface area contributed by atoms with Crippen molar-refractivity contribution in [3.63, 3.8) is 0 Å². The molecule has 1 aromatic rings. The van der Waals surface area contributed by atoms with E-state index >= 15 is 0 Å². The zero-order chi connectivity index (χ0) is 14.2. The van der Waals surface area contributed by atoms with E-state index in [1.807, 2.05) is 4.90 Å². The Morgan fingerprint density at radius 3 is 2.68 bits per heavy atom. The number of piperazine rings is 1. The Balaban J connectivity index is 2.23. The summed E-state index contributed by atoms with van der Waals surface area (Å²) in [6.45, 7) is 6.53. The quantitative estimate of drug-likeness (QED) is 0.802.